The van der Waals surface area contributed by atoms with Crippen molar-refractivity contribution in [3.8, 4) is 0 Å². The minimum absolute atomic E-state index is 0.280. The summed E-state index contributed by atoms with van der Waals surface area (Å²) in [5, 5.41) is 0.875. The molecule has 0 aliphatic heterocycles. The molecule has 0 bridgehead atoms. The number of aromatic nitrogens is 1. The van der Waals surface area contributed by atoms with Crippen LogP contribution in [0.2, 0.25) is 0 Å². The molecule has 0 fully saturated rings. The molecule has 0 radical (unpaired) electrons. The first kappa shape index (κ1) is 14.2. The number of rotatable bonds is 3. The summed E-state index contributed by atoms with van der Waals surface area (Å²) in [4.78, 5) is 0.280. The molecule has 3 nitrogen and oxygen atoms in total. The van der Waals surface area contributed by atoms with Crippen LogP contribution in [0.25, 0.3) is 10.9 Å². The maximum Gasteiger partial charge on any atom is 0.268 e. The van der Waals surface area contributed by atoms with Crippen LogP contribution in [0, 0.1) is 6.92 Å². The highest BCUT2D eigenvalue weighted by molar-refractivity contribution is 7.90. The molecule has 0 saturated carbocycles. The average molecular weight is 320 g/mol. The van der Waals surface area contributed by atoms with Crippen molar-refractivity contribution in [2.75, 3.05) is 0 Å². The number of aryl methyl sites for hydroxylation is 1. The fourth-order valence-corrected chi connectivity index (χ4v) is 3.78. The molecule has 21 heavy (non-hydrogen) atoms. The molecule has 5 heteroatoms. The molecule has 0 N–H and O–H groups in total. The lowest BCUT2D eigenvalue weighted by molar-refractivity contribution is 0.589. The van der Waals surface area contributed by atoms with Crippen LogP contribution in [0.3, 0.4) is 0 Å². The summed E-state index contributed by atoms with van der Waals surface area (Å²) in [6.07, 6.45) is 1.58. The second-order valence-electron chi connectivity index (χ2n) is 4.96. The predicted octanol–water partition coefficient (Wildman–Crippen LogP) is 3.93. The van der Waals surface area contributed by atoms with Crippen LogP contribution in [0.15, 0.2) is 59.6 Å². The Bertz CT molecular complexity index is 896. The molecule has 1 aromatic heterocycles. The van der Waals surface area contributed by atoms with Crippen LogP contribution >= 0.6 is 11.6 Å². The number of nitrogens with zero attached hydrogens (tertiary/aromatic N) is 1. The Hall–Kier alpha value is -1.78. The Balaban J connectivity index is 2.21. The maximum absolute atomic E-state index is 12.7. The highest BCUT2D eigenvalue weighted by Crippen LogP contribution is 2.24. The van der Waals surface area contributed by atoms with Crippen LogP contribution in [0.4, 0.5) is 0 Å². The van der Waals surface area contributed by atoms with Gasteiger partial charge in [-0.2, -0.15) is 0 Å². The molecular weight excluding hydrogens is 306 g/mol. The van der Waals surface area contributed by atoms with Gasteiger partial charge in [0.2, 0.25) is 0 Å². The van der Waals surface area contributed by atoms with Crippen molar-refractivity contribution in [3.63, 3.8) is 0 Å². The Labute approximate surface area is 128 Å². The van der Waals surface area contributed by atoms with Gasteiger partial charge in [-0.1, -0.05) is 29.8 Å². The molecule has 0 spiro atoms. The smallest absolute Gasteiger partial charge is 0.241 e. The summed E-state index contributed by atoms with van der Waals surface area (Å²) in [6, 6.07) is 14.2. The van der Waals surface area contributed by atoms with E-state index in [0.29, 0.717) is 11.4 Å². The summed E-state index contributed by atoms with van der Waals surface area (Å²) in [7, 11) is -3.59. The van der Waals surface area contributed by atoms with E-state index in [1.807, 2.05) is 25.1 Å². The average Bonchev–Trinajstić information content (AvgIpc) is 2.91. The van der Waals surface area contributed by atoms with Crippen LogP contribution in [0.5, 0.6) is 0 Å². The van der Waals surface area contributed by atoms with E-state index >= 15 is 0 Å². The van der Waals surface area contributed by atoms with Gasteiger partial charge in [-0.25, -0.2) is 12.4 Å². The Morgan fingerprint density at radius 3 is 2.43 bits per heavy atom. The quantitative estimate of drug-likeness (QED) is 0.686. The third-order valence-electron chi connectivity index (χ3n) is 3.45. The molecule has 0 aliphatic carbocycles. The van der Waals surface area contributed by atoms with Crippen molar-refractivity contribution in [2.24, 2.45) is 0 Å². The molecule has 3 aromatic rings. The molecular formula is C16H14ClNO2S. The van der Waals surface area contributed by atoms with E-state index in [9.17, 15) is 8.42 Å². The number of hydrogen-bond acceptors (Lipinski definition) is 2. The molecule has 0 unspecified atom stereocenters. The topological polar surface area (TPSA) is 39.1 Å². The van der Waals surface area contributed by atoms with Crippen molar-refractivity contribution in [1.29, 1.82) is 0 Å². The van der Waals surface area contributed by atoms with E-state index in [4.69, 9.17) is 11.6 Å². The molecule has 108 valence electrons. The van der Waals surface area contributed by atoms with Gasteiger partial charge in [0, 0.05) is 17.5 Å². The summed E-state index contributed by atoms with van der Waals surface area (Å²) in [5.41, 5.74) is 2.56. The minimum Gasteiger partial charge on any atom is -0.241 e. The largest absolute Gasteiger partial charge is 0.268 e. The van der Waals surface area contributed by atoms with Crippen molar-refractivity contribution in [1.82, 2.24) is 3.97 Å². The van der Waals surface area contributed by atoms with E-state index in [1.54, 1.807) is 36.5 Å². The summed E-state index contributed by atoms with van der Waals surface area (Å²) in [6.45, 7) is 1.92. The monoisotopic (exact) mass is 319 g/mol. The molecule has 2 aromatic carbocycles. The standard InChI is InChI=1S/C16H14ClNO2S/c1-12-2-6-15(7-3-12)21(19,20)18-9-8-14-5-4-13(11-17)10-16(14)18/h2-10H,11H2,1H3. The van der Waals surface area contributed by atoms with Crippen LogP contribution in [-0.4, -0.2) is 12.4 Å². The number of halogens is 1. The Morgan fingerprint density at radius 2 is 1.76 bits per heavy atom. The number of hydrogen-bond donors (Lipinski definition) is 0. The lowest BCUT2D eigenvalue weighted by Crippen LogP contribution is -2.11. The molecule has 0 amide bonds. The zero-order valence-corrected chi connectivity index (χ0v) is 13.0. The van der Waals surface area contributed by atoms with E-state index in [-0.39, 0.29) is 4.90 Å². The lowest BCUT2D eigenvalue weighted by atomic mass is 10.2. The zero-order valence-electron chi connectivity index (χ0n) is 11.5. The summed E-state index contributed by atoms with van der Waals surface area (Å²) < 4.78 is 26.8. The Kier molecular flexibility index (Phi) is 3.51. The molecule has 1 heterocycles. The van der Waals surface area contributed by atoms with Crippen LogP contribution in [0.1, 0.15) is 11.1 Å². The van der Waals surface area contributed by atoms with Crippen molar-refractivity contribution >= 4 is 32.5 Å². The van der Waals surface area contributed by atoms with Gasteiger partial charge in [0.1, 0.15) is 0 Å². The fourth-order valence-electron chi connectivity index (χ4n) is 2.27. The predicted molar refractivity (Wildman–Crippen MR) is 85.3 cm³/mol. The number of fused-ring (bicyclic) bond motifs is 1. The van der Waals surface area contributed by atoms with Crippen molar-refractivity contribution < 1.29 is 8.42 Å². The Morgan fingerprint density at radius 1 is 1.05 bits per heavy atom. The second kappa shape index (κ2) is 5.20. The number of benzene rings is 2. The van der Waals surface area contributed by atoms with E-state index in [1.165, 1.54) is 3.97 Å². The zero-order chi connectivity index (χ0) is 15.0. The third kappa shape index (κ3) is 2.45. The van der Waals surface area contributed by atoms with Gasteiger partial charge >= 0.3 is 0 Å². The third-order valence-corrected chi connectivity index (χ3v) is 5.47. The van der Waals surface area contributed by atoms with Crippen LogP contribution < -0.4 is 0 Å². The van der Waals surface area contributed by atoms with Gasteiger partial charge in [0.15, 0.2) is 0 Å². The summed E-state index contributed by atoms with van der Waals surface area (Å²) in [5.74, 6) is 0.353. The van der Waals surface area contributed by atoms with Gasteiger partial charge in [-0.3, -0.25) is 0 Å². The van der Waals surface area contributed by atoms with E-state index < -0.39 is 10.0 Å². The molecule has 3 rings (SSSR count). The number of alkyl halides is 1. The van der Waals surface area contributed by atoms with E-state index in [0.717, 1.165) is 16.5 Å². The van der Waals surface area contributed by atoms with E-state index in [2.05, 4.69) is 0 Å². The van der Waals surface area contributed by atoms with Gasteiger partial charge in [0.25, 0.3) is 10.0 Å². The molecule has 0 aliphatic rings. The highest BCUT2D eigenvalue weighted by atomic mass is 35.5. The molecule has 0 atom stereocenters. The minimum atomic E-state index is -3.59. The molecule has 0 saturated heterocycles. The van der Waals surface area contributed by atoms with Gasteiger partial charge in [-0.15, -0.1) is 11.6 Å². The second-order valence-corrected chi connectivity index (χ2v) is 7.04. The van der Waals surface area contributed by atoms with Gasteiger partial charge < -0.3 is 0 Å². The first-order valence-electron chi connectivity index (χ1n) is 6.50. The fraction of sp³-hybridized carbons (Fsp3) is 0.125. The highest BCUT2D eigenvalue weighted by Gasteiger charge is 2.18. The maximum atomic E-state index is 12.7. The normalized spacial score (nSPS) is 11.9. The summed E-state index contributed by atoms with van der Waals surface area (Å²) >= 11 is 5.84. The van der Waals surface area contributed by atoms with Crippen molar-refractivity contribution in [3.05, 3.63) is 65.9 Å². The van der Waals surface area contributed by atoms with Crippen molar-refractivity contribution in [2.45, 2.75) is 17.7 Å². The first-order valence-corrected chi connectivity index (χ1v) is 8.48. The van der Waals surface area contributed by atoms with Gasteiger partial charge in [-0.05, 0) is 36.8 Å². The van der Waals surface area contributed by atoms with Gasteiger partial charge in [0.05, 0.1) is 10.4 Å². The van der Waals surface area contributed by atoms with Crippen LogP contribution in [-0.2, 0) is 15.9 Å². The first-order chi connectivity index (χ1) is 10.0. The lowest BCUT2D eigenvalue weighted by Gasteiger charge is -2.08. The SMILES string of the molecule is Cc1ccc(S(=O)(=O)n2ccc3ccc(CCl)cc32)cc1.